The molecule has 0 heterocycles. The van der Waals surface area contributed by atoms with Gasteiger partial charge in [-0.05, 0) is 30.5 Å². The molecule has 1 rings (SSSR count). The molecule has 1 unspecified atom stereocenters. The molecule has 0 saturated carbocycles. The molecule has 104 valence electrons. The Kier molecular flexibility index (Phi) is 5.03. The number of halogens is 1. The first-order chi connectivity index (χ1) is 8.82. The number of nitrogens with one attached hydrogen (secondary N) is 1. The van der Waals surface area contributed by atoms with Crippen molar-refractivity contribution in [2.24, 2.45) is 11.8 Å². The van der Waals surface area contributed by atoms with Crippen LogP contribution in [0, 0.1) is 24.6 Å². The van der Waals surface area contributed by atoms with Crippen molar-refractivity contribution in [2.45, 2.75) is 20.8 Å². The van der Waals surface area contributed by atoms with E-state index in [-0.39, 0.29) is 18.0 Å². The fourth-order valence-electron chi connectivity index (χ4n) is 1.65. The smallest absolute Gasteiger partial charge is 0.308 e. The highest BCUT2D eigenvalue weighted by Crippen LogP contribution is 2.12. The predicted molar refractivity (Wildman–Crippen MR) is 69.4 cm³/mol. The number of aryl methyl sites for hydroxylation is 1. The molecule has 1 aromatic carbocycles. The van der Waals surface area contributed by atoms with Crippen molar-refractivity contribution in [3.8, 4) is 0 Å². The summed E-state index contributed by atoms with van der Waals surface area (Å²) in [6.45, 7) is 5.19. The monoisotopic (exact) mass is 267 g/mol. The van der Waals surface area contributed by atoms with Crippen molar-refractivity contribution in [1.82, 2.24) is 5.32 Å². The van der Waals surface area contributed by atoms with Gasteiger partial charge in [-0.3, -0.25) is 9.59 Å². The van der Waals surface area contributed by atoms with E-state index in [0.29, 0.717) is 5.56 Å². The van der Waals surface area contributed by atoms with Crippen LogP contribution < -0.4 is 5.32 Å². The number of aliphatic carboxylic acids is 1. The number of hydrogen-bond acceptors (Lipinski definition) is 2. The first-order valence-corrected chi connectivity index (χ1v) is 6.10. The molecular formula is C14H18FNO3. The zero-order chi connectivity index (χ0) is 14.6. The number of carbonyl (C=O) groups is 2. The molecule has 1 atom stereocenters. The number of hydrogen-bond donors (Lipinski definition) is 2. The van der Waals surface area contributed by atoms with Gasteiger partial charge in [0.1, 0.15) is 5.82 Å². The minimum atomic E-state index is -0.953. The molecule has 0 fully saturated rings. The maximum Gasteiger partial charge on any atom is 0.308 e. The van der Waals surface area contributed by atoms with Crippen molar-refractivity contribution in [3.05, 3.63) is 35.1 Å². The van der Waals surface area contributed by atoms with E-state index in [9.17, 15) is 14.0 Å². The number of carbonyl (C=O) groups excluding carboxylic acids is 1. The molecule has 0 aliphatic rings. The van der Waals surface area contributed by atoms with Crippen LogP contribution in [-0.4, -0.2) is 23.5 Å². The van der Waals surface area contributed by atoms with E-state index in [4.69, 9.17) is 5.11 Å². The Morgan fingerprint density at radius 3 is 2.47 bits per heavy atom. The van der Waals surface area contributed by atoms with Crippen LogP contribution in [0.15, 0.2) is 18.2 Å². The molecule has 4 nitrogen and oxygen atoms in total. The van der Waals surface area contributed by atoms with Gasteiger partial charge in [-0.2, -0.15) is 0 Å². The van der Waals surface area contributed by atoms with Crippen LogP contribution in [0.25, 0.3) is 0 Å². The third-order valence-corrected chi connectivity index (χ3v) is 3.04. The molecule has 1 aromatic rings. The van der Waals surface area contributed by atoms with Crippen LogP contribution >= 0.6 is 0 Å². The van der Waals surface area contributed by atoms with Crippen LogP contribution in [0.1, 0.15) is 29.8 Å². The topological polar surface area (TPSA) is 66.4 Å². The molecule has 0 radical (unpaired) electrons. The van der Waals surface area contributed by atoms with E-state index < -0.39 is 23.6 Å². The highest BCUT2D eigenvalue weighted by atomic mass is 19.1. The van der Waals surface area contributed by atoms with Crippen LogP contribution in [0.4, 0.5) is 4.39 Å². The quantitative estimate of drug-likeness (QED) is 0.859. The normalized spacial score (nSPS) is 12.3. The van der Waals surface area contributed by atoms with Crippen molar-refractivity contribution >= 4 is 11.9 Å². The van der Waals surface area contributed by atoms with Crippen molar-refractivity contribution in [3.63, 3.8) is 0 Å². The zero-order valence-electron chi connectivity index (χ0n) is 11.2. The van der Waals surface area contributed by atoms with E-state index >= 15 is 0 Å². The standard InChI is InChI=1S/C14H18FNO3/c1-8(2)11(14(18)19)7-16-13(17)10-5-4-9(3)12(15)6-10/h4-6,8,11H,7H2,1-3H3,(H,16,17)(H,18,19). The van der Waals surface area contributed by atoms with E-state index in [1.165, 1.54) is 12.1 Å². The number of benzene rings is 1. The van der Waals surface area contributed by atoms with Gasteiger partial charge in [0.05, 0.1) is 5.92 Å². The molecular weight excluding hydrogens is 249 g/mol. The summed E-state index contributed by atoms with van der Waals surface area (Å²) in [5, 5.41) is 11.5. The van der Waals surface area contributed by atoms with Crippen molar-refractivity contribution in [1.29, 1.82) is 0 Å². The second kappa shape index (κ2) is 6.31. The van der Waals surface area contributed by atoms with Gasteiger partial charge >= 0.3 is 5.97 Å². The first-order valence-electron chi connectivity index (χ1n) is 6.10. The highest BCUT2D eigenvalue weighted by Gasteiger charge is 2.22. The van der Waals surface area contributed by atoms with Crippen LogP contribution in [-0.2, 0) is 4.79 Å². The Balaban J connectivity index is 2.69. The van der Waals surface area contributed by atoms with Crippen LogP contribution in [0.5, 0.6) is 0 Å². The summed E-state index contributed by atoms with van der Waals surface area (Å²) in [7, 11) is 0. The van der Waals surface area contributed by atoms with E-state index in [1.54, 1.807) is 20.8 Å². The maximum absolute atomic E-state index is 13.3. The zero-order valence-corrected chi connectivity index (χ0v) is 11.2. The highest BCUT2D eigenvalue weighted by molar-refractivity contribution is 5.94. The Labute approximate surface area is 111 Å². The second-order valence-electron chi connectivity index (χ2n) is 4.86. The van der Waals surface area contributed by atoms with Crippen molar-refractivity contribution in [2.75, 3.05) is 6.54 Å². The molecule has 5 heteroatoms. The lowest BCUT2D eigenvalue weighted by Gasteiger charge is -2.16. The molecule has 1 amide bonds. The lowest BCUT2D eigenvalue weighted by molar-refractivity contribution is -0.142. The summed E-state index contributed by atoms with van der Waals surface area (Å²) in [6.07, 6.45) is 0. The first kappa shape index (κ1) is 15.1. The van der Waals surface area contributed by atoms with Gasteiger partial charge in [0, 0.05) is 12.1 Å². The van der Waals surface area contributed by atoms with Gasteiger partial charge < -0.3 is 10.4 Å². The van der Waals surface area contributed by atoms with Gasteiger partial charge in [-0.1, -0.05) is 19.9 Å². The molecule has 0 saturated heterocycles. The maximum atomic E-state index is 13.3. The fraction of sp³-hybridized carbons (Fsp3) is 0.429. The van der Waals surface area contributed by atoms with E-state index in [2.05, 4.69) is 5.32 Å². The molecule has 0 aliphatic carbocycles. The second-order valence-corrected chi connectivity index (χ2v) is 4.86. The minimum absolute atomic E-state index is 0.0291. The van der Waals surface area contributed by atoms with Gasteiger partial charge in [-0.25, -0.2) is 4.39 Å². The number of carboxylic acid groups (broad SMARTS) is 1. The Hall–Kier alpha value is -1.91. The number of rotatable bonds is 5. The molecule has 0 aromatic heterocycles. The Bertz CT molecular complexity index is 486. The van der Waals surface area contributed by atoms with Crippen LogP contribution in [0.3, 0.4) is 0 Å². The third kappa shape index (κ3) is 4.05. The molecule has 2 N–H and O–H groups in total. The summed E-state index contributed by atoms with van der Waals surface area (Å²) in [5.41, 5.74) is 0.651. The third-order valence-electron chi connectivity index (χ3n) is 3.04. The SMILES string of the molecule is Cc1ccc(C(=O)NCC(C(=O)O)C(C)C)cc1F. The Morgan fingerprint density at radius 2 is 2.00 bits per heavy atom. The molecule has 0 aliphatic heterocycles. The predicted octanol–water partition coefficient (Wildman–Crippen LogP) is 2.22. The minimum Gasteiger partial charge on any atom is -0.481 e. The molecule has 19 heavy (non-hydrogen) atoms. The summed E-state index contributed by atoms with van der Waals surface area (Å²) >= 11 is 0. The summed E-state index contributed by atoms with van der Waals surface area (Å²) in [4.78, 5) is 22.8. The van der Waals surface area contributed by atoms with Gasteiger partial charge in [0.15, 0.2) is 0 Å². The Morgan fingerprint density at radius 1 is 1.37 bits per heavy atom. The van der Waals surface area contributed by atoms with Gasteiger partial charge in [-0.15, -0.1) is 0 Å². The summed E-state index contributed by atoms with van der Waals surface area (Å²) in [6, 6.07) is 4.18. The average Bonchev–Trinajstić information content (AvgIpc) is 2.31. The molecule has 0 spiro atoms. The fourth-order valence-corrected chi connectivity index (χ4v) is 1.65. The lowest BCUT2D eigenvalue weighted by Crippen LogP contribution is -2.35. The van der Waals surface area contributed by atoms with E-state index in [1.807, 2.05) is 0 Å². The van der Waals surface area contributed by atoms with Crippen molar-refractivity contribution < 1.29 is 19.1 Å². The molecule has 0 bridgehead atoms. The average molecular weight is 267 g/mol. The summed E-state index contributed by atoms with van der Waals surface area (Å²) in [5.74, 6) is -2.62. The van der Waals surface area contributed by atoms with E-state index in [0.717, 1.165) is 6.07 Å². The largest absolute Gasteiger partial charge is 0.481 e. The van der Waals surface area contributed by atoms with Gasteiger partial charge in [0.25, 0.3) is 5.91 Å². The number of amides is 1. The van der Waals surface area contributed by atoms with Crippen LogP contribution in [0.2, 0.25) is 0 Å². The van der Waals surface area contributed by atoms with Gasteiger partial charge in [0.2, 0.25) is 0 Å². The number of carboxylic acids is 1. The summed E-state index contributed by atoms with van der Waals surface area (Å²) < 4.78 is 13.3. The lowest BCUT2D eigenvalue weighted by atomic mass is 9.96.